The van der Waals surface area contributed by atoms with Gasteiger partial charge >= 0.3 is 6.03 Å². The highest BCUT2D eigenvalue weighted by atomic mass is 19.1. The van der Waals surface area contributed by atoms with Gasteiger partial charge in [0.2, 0.25) is 0 Å². The summed E-state index contributed by atoms with van der Waals surface area (Å²) >= 11 is 0. The number of hydrogen-bond acceptors (Lipinski definition) is 2. The molecule has 0 radical (unpaired) electrons. The van der Waals surface area contributed by atoms with Crippen LogP contribution in [-0.2, 0) is 5.54 Å². The molecule has 2 aromatic rings. The molecule has 1 aliphatic carbocycles. The molecule has 1 saturated heterocycles. The molecule has 1 spiro atoms. The third-order valence-electron chi connectivity index (χ3n) is 6.40. The van der Waals surface area contributed by atoms with E-state index in [0.29, 0.717) is 12.2 Å². The predicted molar refractivity (Wildman–Crippen MR) is 105 cm³/mol. The number of amides is 2. The zero-order valence-corrected chi connectivity index (χ0v) is 15.9. The normalized spacial score (nSPS) is 28.0. The fraction of sp³-hybridized carbons (Fsp3) is 0.409. The van der Waals surface area contributed by atoms with Crippen LogP contribution in [-0.4, -0.2) is 37.1 Å². The van der Waals surface area contributed by atoms with Crippen molar-refractivity contribution in [2.24, 2.45) is 0 Å². The van der Waals surface area contributed by atoms with E-state index >= 15 is 0 Å². The van der Waals surface area contributed by atoms with Crippen LogP contribution in [0.2, 0.25) is 0 Å². The summed E-state index contributed by atoms with van der Waals surface area (Å²) in [5.74, 6) is -0.319. The average molecular weight is 367 g/mol. The van der Waals surface area contributed by atoms with Crippen LogP contribution in [0.4, 0.5) is 14.9 Å². The van der Waals surface area contributed by atoms with E-state index in [1.54, 1.807) is 17.0 Å². The molecule has 2 aliphatic rings. The van der Waals surface area contributed by atoms with Crippen molar-refractivity contribution in [1.29, 1.82) is 0 Å². The molecule has 2 aromatic carbocycles. The minimum Gasteiger partial charge on any atom is -0.330 e. The summed E-state index contributed by atoms with van der Waals surface area (Å²) in [6.07, 6.45) is 3.75. The van der Waals surface area contributed by atoms with Crippen molar-refractivity contribution in [3.63, 3.8) is 0 Å². The van der Waals surface area contributed by atoms with Gasteiger partial charge in [0.05, 0.1) is 12.1 Å². The van der Waals surface area contributed by atoms with E-state index < -0.39 is 0 Å². The molecule has 27 heavy (non-hydrogen) atoms. The van der Waals surface area contributed by atoms with Gasteiger partial charge in [0.15, 0.2) is 0 Å². The molecule has 1 N–H and O–H groups in total. The molecule has 0 unspecified atom stereocenters. The van der Waals surface area contributed by atoms with Gasteiger partial charge in [0.25, 0.3) is 0 Å². The number of hydrogen-bond donors (Lipinski definition) is 1. The van der Waals surface area contributed by atoms with Crippen LogP contribution < -0.4 is 10.2 Å². The number of anilines is 1. The molecule has 0 atom stereocenters. The van der Waals surface area contributed by atoms with E-state index in [4.69, 9.17) is 0 Å². The van der Waals surface area contributed by atoms with E-state index in [-0.39, 0.29) is 22.9 Å². The second-order valence-corrected chi connectivity index (χ2v) is 8.07. The number of nitrogens with zero attached hydrogens (tertiary/aromatic N) is 2. The second-order valence-electron chi connectivity index (χ2n) is 8.07. The number of rotatable bonds is 3. The van der Waals surface area contributed by atoms with E-state index in [2.05, 4.69) is 48.6 Å². The Labute approximate surface area is 160 Å². The van der Waals surface area contributed by atoms with Gasteiger partial charge in [-0.05, 0) is 63.5 Å². The van der Waals surface area contributed by atoms with E-state index in [1.165, 1.54) is 17.7 Å². The van der Waals surface area contributed by atoms with Crippen LogP contribution in [0.5, 0.6) is 0 Å². The summed E-state index contributed by atoms with van der Waals surface area (Å²) < 4.78 is 13.6. The quantitative estimate of drug-likeness (QED) is 0.886. The monoisotopic (exact) mass is 367 g/mol. The minimum absolute atomic E-state index is 0.0104. The van der Waals surface area contributed by atoms with Crippen LogP contribution in [0.3, 0.4) is 0 Å². The molecule has 4 rings (SSSR count). The fourth-order valence-electron chi connectivity index (χ4n) is 4.73. The van der Waals surface area contributed by atoms with E-state index in [9.17, 15) is 9.18 Å². The largest absolute Gasteiger partial charge is 0.330 e. The van der Waals surface area contributed by atoms with Crippen LogP contribution in [0.1, 0.15) is 31.2 Å². The van der Waals surface area contributed by atoms with Crippen molar-refractivity contribution in [2.75, 3.05) is 25.5 Å². The maximum atomic E-state index is 13.6. The van der Waals surface area contributed by atoms with Crippen molar-refractivity contribution in [1.82, 2.24) is 10.2 Å². The topological polar surface area (TPSA) is 35.6 Å². The van der Waals surface area contributed by atoms with Gasteiger partial charge < -0.3 is 5.32 Å². The van der Waals surface area contributed by atoms with Gasteiger partial charge in [0.1, 0.15) is 5.82 Å². The number of benzene rings is 2. The van der Waals surface area contributed by atoms with Gasteiger partial charge in [0, 0.05) is 11.2 Å². The highest BCUT2D eigenvalue weighted by Crippen LogP contribution is 2.46. The van der Waals surface area contributed by atoms with Crippen LogP contribution in [0.15, 0.2) is 54.6 Å². The maximum Gasteiger partial charge on any atom is 0.322 e. The number of urea groups is 1. The van der Waals surface area contributed by atoms with Crippen molar-refractivity contribution in [2.45, 2.75) is 36.8 Å². The van der Waals surface area contributed by atoms with Crippen molar-refractivity contribution < 1.29 is 9.18 Å². The molecule has 1 heterocycles. The van der Waals surface area contributed by atoms with Gasteiger partial charge in [-0.2, -0.15) is 0 Å². The molecule has 1 saturated carbocycles. The zero-order chi connectivity index (χ0) is 19.1. The average Bonchev–Trinajstić information content (AvgIpc) is 2.99. The molecule has 4 nitrogen and oxygen atoms in total. The van der Waals surface area contributed by atoms with Crippen LogP contribution in [0, 0.1) is 5.82 Å². The SMILES string of the molecule is CN(C)[C@]1(c2ccccc2)CC[C@@]2(CC1)CN(c1cccc(F)c1)C(=O)N2. The molecule has 2 fully saturated rings. The summed E-state index contributed by atoms with van der Waals surface area (Å²) in [4.78, 5) is 16.6. The maximum absolute atomic E-state index is 13.6. The zero-order valence-electron chi connectivity index (χ0n) is 15.9. The van der Waals surface area contributed by atoms with Gasteiger partial charge in [-0.15, -0.1) is 0 Å². The minimum atomic E-state index is -0.319. The highest BCUT2D eigenvalue weighted by Gasteiger charge is 2.50. The first-order valence-corrected chi connectivity index (χ1v) is 9.52. The molecule has 2 amide bonds. The molecule has 1 aliphatic heterocycles. The number of carbonyl (C=O) groups is 1. The number of nitrogens with one attached hydrogen (secondary N) is 1. The van der Waals surface area contributed by atoms with Gasteiger partial charge in [-0.25, -0.2) is 9.18 Å². The van der Waals surface area contributed by atoms with E-state index in [1.807, 2.05) is 6.07 Å². The third-order valence-corrected chi connectivity index (χ3v) is 6.40. The highest BCUT2D eigenvalue weighted by molar-refractivity contribution is 5.95. The van der Waals surface area contributed by atoms with Gasteiger partial charge in [-0.3, -0.25) is 9.80 Å². The molecular weight excluding hydrogens is 341 g/mol. The Hall–Kier alpha value is -2.40. The summed E-state index contributed by atoms with van der Waals surface area (Å²) in [7, 11) is 4.27. The Balaban J connectivity index is 1.55. The lowest BCUT2D eigenvalue weighted by molar-refractivity contribution is 0.0658. The van der Waals surface area contributed by atoms with Crippen LogP contribution >= 0.6 is 0 Å². The molecule has 0 bridgehead atoms. The summed E-state index contributed by atoms with van der Waals surface area (Å²) in [6.45, 7) is 0.591. The van der Waals surface area contributed by atoms with E-state index in [0.717, 1.165) is 25.7 Å². The summed E-state index contributed by atoms with van der Waals surface area (Å²) in [5, 5.41) is 3.21. The molecule has 0 aromatic heterocycles. The second kappa shape index (κ2) is 6.64. The Morgan fingerprint density at radius 1 is 1.00 bits per heavy atom. The van der Waals surface area contributed by atoms with Gasteiger partial charge in [-0.1, -0.05) is 36.4 Å². The third kappa shape index (κ3) is 3.10. The predicted octanol–water partition coefficient (Wildman–Crippen LogP) is 4.13. The first-order chi connectivity index (χ1) is 12.9. The number of halogens is 1. The Bertz CT molecular complexity index is 828. The lowest BCUT2D eigenvalue weighted by Gasteiger charge is -2.48. The van der Waals surface area contributed by atoms with Crippen molar-refractivity contribution in [3.8, 4) is 0 Å². The summed E-state index contributed by atoms with van der Waals surface area (Å²) in [5.41, 5.74) is 1.70. The molecule has 5 heteroatoms. The standard InChI is InChI=1S/C22H26FN3O/c1-25(2)22(17-7-4-3-5-8-17)13-11-21(12-14-22)16-26(20(27)24-21)19-10-6-9-18(23)15-19/h3-10,15H,11-14,16H2,1-2H3,(H,24,27)/t21-,22-. The Morgan fingerprint density at radius 3 is 2.33 bits per heavy atom. The first kappa shape index (κ1) is 18.0. The summed E-state index contributed by atoms with van der Waals surface area (Å²) in [6, 6.07) is 16.8. The molecule has 142 valence electrons. The lowest BCUT2D eigenvalue weighted by atomic mass is 9.69. The Morgan fingerprint density at radius 2 is 1.70 bits per heavy atom. The first-order valence-electron chi connectivity index (χ1n) is 9.52. The van der Waals surface area contributed by atoms with Crippen molar-refractivity contribution >= 4 is 11.7 Å². The van der Waals surface area contributed by atoms with Crippen molar-refractivity contribution in [3.05, 3.63) is 66.0 Å². The Kier molecular flexibility index (Phi) is 4.42. The number of carbonyl (C=O) groups excluding carboxylic acids is 1. The lowest BCUT2D eigenvalue weighted by Crippen LogP contribution is -2.54. The smallest absolute Gasteiger partial charge is 0.322 e. The fourth-order valence-corrected chi connectivity index (χ4v) is 4.73. The van der Waals surface area contributed by atoms with Crippen LogP contribution in [0.25, 0.3) is 0 Å². The molecular formula is C22H26FN3O.